The van der Waals surface area contributed by atoms with E-state index in [0.717, 1.165) is 23.9 Å². The summed E-state index contributed by atoms with van der Waals surface area (Å²) >= 11 is 3.32. The summed E-state index contributed by atoms with van der Waals surface area (Å²) in [5.41, 5.74) is 0. The summed E-state index contributed by atoms with van der Waals surface area (Å²) in [6.45, 7) is 7.14. The van der Waals surface area contributed by atoms with Gasteiger partial charge in [0.15, 0.2) is 9.84 Å². The maximum Gasteiger partial charge on any atom is 0.179 e. The van der Waals surface area contributed by atoms with Crippen molar-refractivity contribution in [2.45, 2.75) is 44.6 Å². The summed E-state index contributed by atoms with van der Waals surface area (Å²) in [7, 11) is -3.25. The van der Waals surface area contributed by atoms with Gasteiger partial charge in [0, 0.05) is 10.5 Å². The molecule has 114 valence electrons. The molecule has 1 N–H and O–H groups in total. The van der Waals surface area contributed by atoms with Gasteiger partial charge >= 0.3 is 0 Å². The molecule has 0 spiro atoms. The van der Waals surface area contributed by atoms with Gasteiger partial charge in [0.25, 0.3) is 0 Å². The van der Waals surface area contributed by atoms with E-state index in [0.29, 0.717) is 10.8 Å². The molecule has 0 aliphatic rings. The predicted molar refractivity (Wildman–Crippen MR) is 87.7 cm³/mol. The maximum atomic E-state index is 12.5. The molecule has 0 heterocycles. The molecule has 1 aromatic rings. The fourth-order valence-corrected chi connectivity index (χ4v) is 3.94. The van der Waals surface area contributed by atoms with E-state index in [4.69, 9.17) is 0 Å². The lowest BCUT2D eigenvalue weighted by Gasteiger charge is -2.24. The van der Waals surface area contributed by atoms with Crippen LogP contribution in [0.15, 0.2) is 33.6 Å². The van der Waals surface area contributed by atoms with Gasteiger partial charge in [0.05, 0.1) is 10.6 Å². The molecule has 1 rings (SSSR count). The molecule has 5 heteroatoms. The van der Waals surface area contributed by atoms with Crippen LogP contribution in [0.5, 0.6) is 0 Å². The van der Waals surface area contributed by atoms with Crippen LogP contribution in [0.1, 0.15) is 33.6 Å². The summed E-state index contributed by atoms with van der Waals surface area (Å²) < 4.78 is 25.9. The molecule has 0 radical (unpaired) electrons. The summed E-state index contributed by atoms with van der Waals surface area (Å²) in [6, 6.07) is 6.86. The molecule has 0 aliphatic carbocycles. The van der Waals surface area contributed by atoms with Crippen LogP contribution in [0.2, 0.25) is 0 Å². The molecule has 0 bridgehead atoms. The molecule has 0 saturated heterocycles. The molecule has 3 nitrogen and oxygen atoms in total. The van der Waals surface area contributed by atoms with E-state index in [1.807, 2.05) is 0 Å². The SMILES string of the molecule is CCCNC(CS(=O)(=O)c1ccc(Br)cc1)C(C)CC. The number of hydrogen-bond donors (Lipinski definition) is 1. The fourth-order valence-electron chi connectivity index (χ4n) is 2.01. The second-order valence-electron chi connectivity index (χ2n) is 5.18. The van der Waals surface area contributed by atoms with E-state index >= 15 is 0 Å². The Kier molecular flexibility index (Phi) is 7.20. The Bertz CT molecular complexity index is 499. The van der Waals surface area contributed by atoms with E-state index < -0.39 is 9.84 Å². The third-order valence-electron chi connectivity index (χ3n) is 3.56. The molecule has 2 atom stereocenters. The Hall–Kier alpha value is -0.390. The van der Waals surface area contributed by atoms with E-state index in [1.165, 1.54) is 0 Å². The monoisotopic (exact) mass is 361 g/mol. The van der Waals surface area contributed by atoms with E-state index in [2.05, 4.69) is 42.0 Å². The van der Waals surface area contributed by atoms with Crippen LogP contribution in [0, 0.1) is 5.92 Å². The lowest BCUT2D eigenvalue weighted by molar-refractivity contribution is 0.391. The lowest BCUT2D eigenvalue weighted by atomic mass is 10.0. The molecule has 0 aromatic heterocycles. The Morgan fingerprint density at radius 3 is 2.30 bits per heavy atom. The third kappa shape index (κ3) is 5.19. The first kappa shape index (κ1) is 17.7. The molecule has 20 heavy (non-hydrogen) atoms. The number of benzene rings is 1. The second kappa shape index (κ2) is 8.15. The fraction of sp³-hybridized carbons (Fsp3) is 0.600. The Morgan fingerprint density at radius 2 is 1.80 bits per heavy atom. The highest BCUT2D eigenvalue weighted by Crippen LogP contribution is 2.19. The number of hydrogen-bond acceptors (Lipinski definition) is 3. The van der Waals surface area contributed by atoms with E-state index in [-0.39, 0.29) is 11.8 Å². The van der Waals surface area contributed by atoms with Crippen molar-refractivity contribution < 1.29 is 8.42 Å². The molecule has 0 aliphatic heterocycles. The summed E-state index contributed by atoms with van der Waals surface area (Å²) in [6.07, 6.45) is 1.97. The van der Waals surface area contributed by atoms with E-state index in [9.17, 15) is 8.42 Å². The predicted octanol–water partition coefficient (Wildman–Crippen LogP) is 3.64. The minimum atomic E-state index is -3.25. The molecule has 0 saturated carbocycles. The molecule has 0 amide bonds. The number of halogens is 1. The molecule has 2 unspecified atom stereocenters. The minimum absolute atomic E-state index is 0.00796. The van der Waals surface area contributed by atoms with Gasteiger partial charge in [-0.3, -0.25) is 0 Å². The summed E-state index contributed by atoms with van der Waals surface area (Å²) in [5.74, 6) is 0.496. The molecule has 1 aromatic carbocycles. The second-order valence-corrected chi connectivity index (χ2v) is 8.13. The zero-order valence-electron chi connectivity index (χ0n) is 12.4. The maximum absolute atomic E-state index is 12.5. The Morgan fingerprint density at radius 1 is 1.20 bits per heavy atom. The Balaban J connectivity index is 2.87. The van der Waals surface area contributed by atoms with Crippen LogP contribution in [0.3, 0.4) is 0 Å². The van der Waals surface area contributed by atoms with Gasteiger partial charge in [-0.2, -0.15) is 0 Å². The number of sulfone groups is 1. The first-order valence-electron chi connectivity index (χ1n) is 7.12. The minimum Gasteiger partial charge on any atom is -0.313 e. The van der Waals surface area contributed by atoms with Gasteiger partial charge < -0.3 is 5.32 Å². The normalized spacial score (nSPS) is 15.0. The molecular weight excluding hydrogens is 338 g/mol. The summed E-state index contributed by atoms with van der Waals surface area (Å²) in [5, 5.41) is 3.37. The average molecular weight is 362 g/mol. The van der Waals surface area contributed by atoms with Crippen LogP contribution in [0.4, 0.5) is 0 Å². The highest BCUT2D eigenvalue weighted by molar-refractivity contribution is 9.10. The largest absolute Gasteiger partial charge is 0.313 e. The van der Waals surface area contributed by atoms with Crippen molar-refractivity contribution in [3.8, 4) is 0 Å². The number of rotatable bonds is 8. The Labute approximate surface area is 131 Å². The average Bonchev–Trinajstić information content (AvgIpc) is 2.43. The van der Waals surface area contributed by atoms with Gasteiger partial charge in [-0.25, -0.2) is 8.42 Å². The molecule has 0 fully saturated rings. The van der Waals surface area contributed by atoms with Crippen LogP contribution >= 0.6 is 15.9 Å². The van der Waals surface area contributed by atoms with Crippen LogP contribution in [-0.2, 0) is 9.84 Å². The van der Waals surface area contributed by atoms with Crippen LogP contribution < -0.4 is 5.32 Å². The van der Waals surface area contributed by atoms with Crippen molar-refractivity contribution in [2.75, 3.05) is 12.3 Å². The van der Waals surface area contributed by atoms with Crippen molar-refractivity contribution in [3.05, 3.63) is 28.7 Å². The van der Waals surface area contributed by atoms with Gasteiger partial charge in [0.2, 0.25) is 0 Å². The molecular formula is C15H24BrNO2S. The van der Waals surface area contributed by atoms with Crippen LogP contribution in [0.25, 0.3) is 0 Å². The first-order chi connectivity index (χ1) is 9.40. The van der Waals surface area contributed by atoms with Crippen molar-refractivity contribution in [2.24, 2.45) is 5.92 Å². The zero-order valence-corrected chi connectivity index (χ0v) is 14.8. The van der Waals surface area contributed by atoms with E-state index in [1.54, 1.807) is 24.3 Å². The zero-order chi connectivity index (χ0) is 15.2. The highest BCUT2D eigenvalue weighted by Gasteiger charge is 2.24. The third-order valence-corrected chi connectivity index (χ3v) is 5.88. The van der Waals surface area contributed by atoms with Crippen molar-refractivity contribution in [3.63, 3.8) is 0 Å². The standard InChI is InChI=1S/C15H24BrNO2S/c1-4-10-17-15(12(3)5-2)11-20(18,19)14-8-6-13(16)7-9-14/h6-9,12,15,17H,4-5,10-11H2,1-3H3. The van der Waals surface area contributed by atoms with Gasteiger partial charge in [-0.15, -0.1) is 0 Å². The summed E-state index contributed by atoms with van der Waals surface area (Å²) in [4.78, 5) is 0.396. The lowest BCUT2D eigenvalue weighted by Crippen LogP contribution is -2.41. The highest BCUT2D eigenvalue weighted by atomic mass is 79.9. The number of nitrogens with one attached hydrogen (secondary N) is 1. The van der Waals surface area contributed by atoms with Crippen molar-refractivity contribution >= 4 is 25.8 Å². The quantitative estimate of drug-likeness (QED) is 0.768. The van der Waals surface area contributed by atoms with Gasteiger partial charge in [-0.1, -0.05) is 43.1 Å². The van der Waals surface area contributed by atoms with Crippen molar-refractivity contribution in [1.29, 1.82) is 0 Å². The van der Waals surface area contributed by atoms with Crippen molar-refractivity contribution in [1.82, 2.24) is 5.32 Å². The van der Waals surface area contributed by atoms with Crippen LogP contribution in [-0.4, -0.2) is 26.8 Å². The van der Waals surface area contributed by atoms with Gasteiger partial charge in [-0.05, 0) is 43.1 Å². The first-order valence-corrected chi connectivity index (χ1v) is 9.57. The topological polar surface area (TPSA) is 46.2 Å². The smallest absolute Gasteiger partial charge is 0.179 e. The van der Waals surface area contributed by atoms with Gasteiger partial charge in [0.1, 0.15) is 0 Å².